The molecule has 0 saturated heterocycles. The van der Waals surface area contributed by atoms with Gasteiger partial charge in [0.2, 0.25) is 0 Å². The van der Waals surface area contributed by atoms with Crippen LogP contribution in [0.4, 0.5) is 0 Å². The van der Waals surface area contributed by atoms with Gasteiger partial charge in [-0.2, -0.15) is 5.26 Å². The number of nitriles is 1. The van der Waals surface area contributed by atoms with Crippen LogP contribution in [0.5, 0.6) is 0 Å². The molecular weight excluding hydrogens is 188 g/mol. The Balaban J connectivity index is 0.000000310. The number of halogens is 1. The van der Waals surface area contributed by atoms with Gasteiger partial charge in [-0.3, -0.25) is 5.41 Å². The van der Waals surface area contributed by atoms with Crippen LogP contribution in [0.1, 0.15) is 5.56 Å². The van der Waals surface area contributed by atoms with E-state index in [0.29, 0.717) is 10.6 Å². The van der Waals surface area contributed by atoms with Gasteiger partial charge < -0.3 is 11.5 Å². The number of nitrogens with two attached hydrogens (primary N) is 2. The van der Waals surface area contributed by atoms with Crippen molar-refractivity contribution in [2.75, 3.05) is 0 Å². The molecule has 1 aromatic rings. The Hall–Kier alpha value is -1.73. The minimum absolute atomic E-state index is 0.333. The van der Waals surface area contributed by atoms with Gasteiger partial charge in [-0.15, -0.1) is 0 Å². The zero-order chi connectivity index (χ0) is 10.3. The third-order valence-electron chi connectivity index (χ3n) is 0.973. The van der Waals surface area contributed by atoms with Crippen molar-refractivity contribution in [3.8, 4) is 6.07 Å². The summed E-state index contributed by atoms with van der Waals surface area (Å²) in [6.07, 6.45) is 0. The zero-order valence-corrected chi connectivity index (χ0v) is 7.55. The van der Waals surface area contributed by atoms with E-state index in [1.165, 1.54) is 0 Å². The Morgan fingerprint density at radius 2 is 1.69 bits per heavy atom. The molecule has 0 aromatic heterocycles. The lowest BCUT2D eigenvalue weighted by Crippen LogP contribution is -2.20. The molecule has 5 N–H and O–H groups in total. The van der Waals surface area contributed by atoms with Crippen LogP contribution in [0.2, 0.25) is 5.02 Å². The quantitative estimate of drug-likeness (QED) is 0.427. The Bertz CT molecular complexity index is 308. The zero-order valence-electron chi connectivity index (χ0n) is 6.79. The van der Waals surface area contributed by atoms with E-state index in [-0.39, 0.29) is 5.96 Å². The fraction of sp³-hybridized carbons (Fsp3) is 0. The normalized spacial score (nSPS) is 7.69. The molecule has 0 fully saturated rings. The van der Waals surface area contributed by atoms with Crippen molar-refractivity contribution in [3.63, 3.8) is 0 Å². The second-order valence-electron chi connectivity index (χ2n) is 2.07. The van der Waals surface area contributed by atoms with Crippen LogP contribution in [0.3, 0.4) is 0 Å². The molecule has 0 spiro atoms. The van der Waals surface area contributed by atoms with E-state index < -0.39 is 0 Å². The second kappa shape index (κ2) is 5.86. The maximum atomic E-state index is 8.34. The molecule has 4 nitrogen and oxygen atoms in total. The molecule has 0 amide bonds. The molecule has 13 heavy (non-hydrogen) atoms. The molecule has 0 radical (unpaired) electrons. The first-order valence-corrected chi connectivity index (χ1v) is 3.69. The van der Waals surface area contributed by atoms with Crippen LogP contribution in [0.15, 0.2) is 24.3 Å². The van der Waals surface area contributed by atoms with E-state index in [2.05, 4.69) is 11.5 Å². The van der Waals surface area contributed by atoms with E-state index in [1.54, 1.807) is 24.3 Å². The number of benzene rings is 1. The highest BCUT2D eigenvalue weighted by atomic mass is 35.5. The van der Waals surface area contributed by atoms with Crippen molar-refractivity contribution in [3.05, 3.63) is 34.9 Å². The number of guanidine groups is 1. The Morgan fingerprint density at radius 3 is 2.00 bits per heavy atom. The van der Waals surface area contributed by atoms with Crippen LogP contribution in [0, 0.1) is 16.7 Å². The molecule has 0 aliphatic rings. The van der Waals surface area contributed by atoms with Gasteiger partial charge in [-0.25, -0.2) is 0 Å². The predicted molar refractivity (Wildman–Crippen MR) is 52.3 cm³/mol. The summed E-state index contributed by atoms with van der Waals surface area (Å²) in [7, 11) is 0. The number of hydrogen-bond acceptors (Lipinski definition) is 2. The van der Waals surface area contributed by atoms with E-state index in [4.69, 9.17) is 22.3 Å². The summed E-state index contributed by atoms with van der Waals surface area (Å²) in [5, 5.41) is 15.1. The summed E-state index contributed by atoms with van der Waals surface area (Å²) in [5.41, 5.74) is 9.58. The van der Waals surface area contributed by atoms with Crippen LogP contribution in [0.25, 0.3) is 0 Å². The second-order valence-corrected chi connectivity index (χ2v) is 2.51. The standard InChI is InChI=1S/C7H4ClN.CH5N3/c8-7-3-1-6(5-9)2-4-7;2-1(3)4/h1-4H;(H5,2,3,4). The fourth-order valence-corrected chi connectivity index (χ4v) is 0.650. The fourth-order valence-electron chi connectivity index (χ4n) is 0.524. The lowest BCUT2D eigenvalue weighted by atomic mass is 10.2. The predicted octanol–water partition coefficient (Wildman–Crippen LogP) is 1.05. The van der Waals surface area contributed by atoms with Crippen molar-refractivity contribution in [2.45, 2.75) is 0 Å². The van der Waals surface area contributed by atoms with Crippen molar-refractivity contribution in [1.82, 2.24) is 0 Å². The lowest BCUT2D eigenvalue weighted by molar-refractivity contribution is 1.39. The third-order valence-corrected chi connectivity index (χ3v) is 1.23. The molecule has 0 heterocycles. The highest BCUT2D eigenvalue weighted by Gasteiger charge is 1.86. The molecule has 0 unspecified atom stereocenters. The van der Waals surface area contributed by atoms with E-state index in [1.807, 2.05) is 6.07 Å². The molecule has 0 saturated carbocycles. The summed E-state index contributed by atoms with van der Waals surface area (Å²) in [6.45, 7) is 0. The summed E-state index contributed by atoms with van der Waals surface area (Å²) in [6, 6.07) is 8.75. The SMILES string of the molecule is N#Cc1ccc(Cl)cc1.N=C(N)N. The average Bonchev–Trinajstić information content (AvgIpc) is 2.05. The van der Waals surface area contributed by atoms with Crippen LogP contribution < -0.4 is 11.5 Å². The highest BCUT2D eigenvalue weighted by Crippen LogP contribution is 2.07. The van der Waals surface area contributed by atoms with Gasteiger partial charge in [0.25, 0.3) is 0 Å². The highest BCUT2D eigenvalue weighted by molar-refractivity contribution is 6.30. The molecular formula is C8H9ClN4. The monoisotopic (exact) mass is 196 g/mol. The summed E-state index contributed by atoms with van der Waals surface area (Å²) in [5.74, 6) is -0.333. The Kier molecular flexibility index (Phi) is 5.08. The van der Waals surface area contributed by atoms with E-state index >= 15 is 0 Å². The number of nitrogens with zero attached hydrogens (tertiary/aromatic N) is 1. The first-order valence-electron chi connectivity index (χ1n) is 3.31. The summed E-state index contributed by atoms with van der Waals surface area (Å²) >= 11 is 5.56. The lowest BCUT2D eigenvalue weighted by Gasteiger charge is -1.86. The molecule has 5 heteroatoms. The Labute approximate surface area is 81.2 Å². The average molecular weight is 197 g/mol. The summed E-state index contributed by atoms with van der Waals surface area (Å²) in [4.78, 5) is 0. The van der Waals surface area contributed by atoms with Gasteiger partial charge in [-0.05, 0) is 24.3 Å². The molecule has 0 bridgehead atoms. The van der Waals surface area contributed by atoms with E-state index in [9.17, 15) is 0 Å². The van der Waals surface area contributed by atoms with Gasteiger partial charge in [0.1, 0.15) is 0 Å². The third kappa shape index (κ3) is 6.66. The Morgan fingerprint density at radius 1 is 1.31 bits per heavy atom. The van der Waals surface area contributed by atoms with E-state index in [0.717, 1.165) is 0 Å². The maximum Gasteiger partial charge on any atom is 0.183 e. The van der Waals surface area contributed by atoms with Gasteiger partial charge in [0.15, 0.2) is 5.96 Å². The maximum absolute atomic E-state index is 8.34. The number of hydrogen-bond donors (Lipinski definition) is 3. The van der Waals surface area contributed by atoms with Gasteiger partial charge >= 0.3 is 0 Å². The van der Waals surface area contributed by atoms with Crippen molar-refractivity contribution < 1.29 is 0 Å². The first kappa shape index (κ1) is 11.3. The minimum atomic E-state index is -0.333. The minimum Gasteiger partial charge on any atom is -0.370 e. The number of nitrogens with one attached hydrogen (secondary N) is 1. The van der Waals surface area contributed by atoms with Crippen molar-refractivity contribution >= 4 is 17.6 Å². The molecule has 0 atom stereocenters. The molecule has 0 aliphatic carbocycles. The van der Waals surface area contributed by atoms with Crippen LogP contribution in [-0.4, -0.2) is 5.96 Å². The smallest absolute Gasteiger partial charge is 0.183 e. The molecule has 0 aliphatic heterocycles. The van der Waals surface area contributed by atoms with Gasteiger partial charge in [-0.1, -0.05) is 11.6 Å². The largest absolute Gasteiger partial charge is 0.370 e. The van der Waals surface area contributed by atoms with Crippen LogP contribution in [-0.2, 0) is 0 Å². The topological polar surface area (TPSA) is 99.7 Å². The molecule has 1 rings (SSSR count). The molecule has 68 valence electrons. The first-order chi connectivity index (χ1) is 6.06. The number of rotatable bonds is 0. The van der Waals surface area contributed by atoms with Gasteiger partial charge in [0, 0.05) is 5.02 Å². The summed E-state index contributed by atoms with van der Waals surface area (Å²) < 4.78 is 0. The van der Waals surface area contributed by atoms with Crippen molar-refractivity contribution in [2.24, 2.45) is 11.5 Å². The van der Waals surface area contributed by atoms with Crippen molar-refractivity contribution in [1.29, 1.82) is 10.7 Å². The van der Waals surface area contributed by atoms with Gasteiger partial charge in [0.05, 0.1) is 11.6 Å². The molecule has 1 aromatic carbocycles. The van der Waals surface area contributed by atoms with Crippen LogP contribution >= 0.6 is 11.6 Å².